The van der Waals surface area contributed by atoms with Gasteiger partial charge >= 0.3 is 12.4 Å². The topological polar surface area (TPSA) is 43.6 Å². The van der Waals surface area contributed by atoms with Gasteiger partial charge in [-0.2, -0.15) is 26.3 Å². The van der Waals surface area contributed by atoms with Crippen molar-refractivity contribution in [1.82, 2.24) is 19.5 Å². The average Bonchev–Trinajstić information content (AvgIpc) is 3.47. The number of alkyl halides is 6. The van der Waals surface area contributed by atoms with Crippen molar-refractivity contribution in [3.05, 3.63) is 156 Å². The zero-order chi connectivity index (χ0) is 36.2. The molecule has 0 saturated carbocycles. The number of halogens is 6. The Morgan fingerprint density at radius 3 is 1.58 bits per heavy atom. The van der Waals surface area contributed by atoms with E-state index in [1.54, 1.807) is 12.1 Å². The van der Waals surface area contributed by atoms with Crippen LogP contribution in [0, 0.1) is 6.92 Å². The van der Waals surface area contributed by atoms with Crippen molar-refractivity contribution >= 4 is 21.8 Å². The Bertz CT molecular complexity index is 2520. The van der Waals surface area contributed by atoms with Crippen LogP contribution in [0.2, 0.25) is 0 Å². The van der Waals surface area contributed by atoms with Gasteiger partial charge in [-0.1, -0.05) is 97.1 Å². The lowest BCUT2D eigenvalue weighted by Gasteiger charge is -2.18. The third-order valence-corrected chi connectivity index (χ3v) is 8.93. The van der Waals surface area contributed by atoms with Crippen LogP contribution in [0.15, 0.2) is 140 Å². The van der Waals surface area contributed by atoms with E-state index in [0.717, 1.165) is 50.6 Å². The van der Waals surface area contributed by atoms with Crippen LogP contribution in [0.25, 0.3) is 72.8 Å². The quantitative estimate of drug-likeness (QED) is 0.168. The maximum absolute atomic E-state index is 14.0. The lowest BCUT2D eigenvalue weighted by molar-refractivity contribution is -0.143. The molecule has 0 amide bonds. The highest BCUT2D eigenvalue weighted by Gasteiger charge is 2.37. The Labute approximate surface area is 293 Å². The molecule has 8 aromatic rings. The Balaban J connectivity index is 1.46. The largest absolute Gasteiger partial charge is 0.416 e. The summed E-state index contributed by atoms with van der Waals surface area (Å²) in [6, 6.07) is 38.8. The number of aromatic nitrogens is 4. The molecule has 0 N–H and O–H groups in total. The van der Waals surface area contributed by atoms with Crippen LogP contribution in [0.4, 0.5) is 26.3 Å². The van der Waals surface area contributed by atoms with Gasteiger partial charge in [0, 0.05) is 27.5 Å². The number of para-hydroxylation sites is 1. The van der Waals surface area contributed by atoms with E-state index < -0.39 is 23.5 Å². The summed E-state index contributed by atoms with van der Waals surface area (Å²) in [5, 5.41) is 1.83. The molecule has 0 unspecified atom stereocenters. The first-order chi connectivity index (χ1) is 24.9. The molecule has 4 nitrogen and oxygen atoms in total. The smallest absolute Gasteiger partial charge is 0.308 e. The van der Waals surface area contributed by atoms with Gasteiger partial charge < -0.3 is 4.57 Å². The fourth-order valence-electron chi connectivity index (χ4n) is 6.48. The van der Waals surface area contributed by atoms with E-state index in [1.165, 1.54) is 6.07 Å². The molecule has 0 aliphatic heterocycles. The standard InChI is InChI=1S/C42H26F6N4/c1-25-16-18-33-32-14-8-9-15-35(32)52(36(33)20-25)37-23-28(29-21-30(41(43,44)45)24-31(22-29)42(46,47)48)17-19-34(37)40-50-38(26-10-4-2-5-11-26)49-39(51-40)27-12-6-3-7-13-27/h2-24H,1H3. The van der Waals surface area contributed by atoms with Crippen LogP contribution in [0.3, 0.4) is 0 Å². The molecule has 8 rings (SSSR count). The number of nitrogens with zero attached hydrogens (tertiary/aromatic N) is 4. The van der Waals surface area contributed by atoms with Crippen molar-refractivity contribution in [2.75, 3.05) is 0 Å². The SMILES string of the molecule is Cc1ccc2c3ccccc3n(-c3cc(-c4cc(C(F)(F)F)cc(C(F)(F)F)c4)ccc3-c3nc(-c4ccccc4)nc(-c4ccccc4)n3)c2c1. The molecular weight excluding hydrogens is 674 g/mol. The number of benzene rings is 6. The highest BCUT2D eigenvalue weighted by atomic mass is 19.4. The minimum Gasteiger partial charge on any atom is -0.308 e. The molecule has 0 saturated heterocycles. The summed E-state index contributed by atoms with van der Waals surface area (Å²) >= 11 is 0. The van der Waals surface area contributed by atoms with Gasteiger partial charge in [-0.3, -0.25) is 0 Å². The molecule has 2 heterocycles. The zero-order valence-corrected chi connectivity index (χ0v) is 27.3. The maximum atomic E-state index is 14.0. The third kappa shape index (κ3) is 6.06. The van der Waals surface area contributed by atoms with Crippen molar-refractivity contribution in [2.45, 2.75) is 19.3 Å². The van der Waals surface area contributed by atoms with Crippen LogP contribution >= 0.6 is 0 Å². The predicted molar refractivity (Wildman–Crippen MR) is 191 cm³/mol. The van der Waals surface area contributed by atoms with E-state index in [2.05, 4.69) is 0 Å². The summed E-state index contributed by atoms with van der Waals surface area (Å²) in [6.07, 6.45) is -10.0. The van der Waals surface area contributed by atoms with Crippen LogP contribution in [-0.2, 0) is 12.4 Å². The molecular formula is C42H26F6N4. The summed E-state index contributed by atoms with van der Waals surface area (Å²) < 4.78 is 85.9. The Morgan fingerprint density at radius 1 is 0.442 bits per heavy atom. The van der Waals surface area contributed by atoms with Gasteiger partial charge in [0.2, 0.25) is 0 Å². The molecule has 6 aromatic carbocycles. The monoisotopic (exact) mass is 700 g/mol. The van der Waals surface area contributed by atoms with Gasteiger partial charge in [-0.25, -0.2) is 15.0 Å². The molecule has 0 aliphatic rings. The fraction of sp³-hybridized carbons (Fsp3) is 0.0714. The molecule has 0 aliphatic carbocycles. The maximum Gasteiger partial charge on any atom is 0.416 e. The van der Waals surface area contributed by atoms with Crippen molar-refractivity contribution in [3.63, 3.8) is 0 Å². The summed E-state index contributed by atoms with van der Waals surface area (Å²) in [7, 11) is 0. The number of hydrogen-bond donors (Lipinski definition) is 0. The lowest BCUT2D eigenvalue weighted by Crippen LogP contribution is -2.11. The molecule has 256 valence electrons. The van der Waals surface area contributed by atoms with Crippen molar-refractivity contribution in [2.24, 2.45) is 0 Å². The summed E-state index contributed by atoms with van der Waals surface area (Å²) in [5.74, 6) is 1.06. The van der Waals surface area contributed by atoms with Gasteiger partial charge in [0.15, 0.2) is 17.5 Å². The van der Waals surface area contributed by atoms with Gasteiger partial charge in [0.05, 0.1) is 27.8 Å². The average molecular weight is 701 g/mol. The minimum absolute atomic E-state index is 0.134. The van der Waals surface area contributed by atoms with Crippen LogP contribution in [0.5, 0.6) is 0 Å². The normalized spacial score (nSPS) is 12.1. The highest BCUT2D eigenvalue weighted by Crippen LogP contribution is 2.42. The van der Waals surface area contributed by atoms with E-state index in [4.69, 9.17) is 15.0 Å². The second-order valence-corrected chi connectivity index (χ2v) is 12.4. The number of rotatable bonds is 5. The van der Waals surface area contributed by atoms with Gasteiger partial charge in [-0.05, 0) is 66.1 Å². The Hall–Kier alpha value is -6.29. The Morgan fingerprint density at radius 2 is 0.981 bits per heavy atom. The summed E-state index contributed by atoms with van der Waals surface area (Å²) in [6.45, 7) is 1.95. The van der Waals surface area contributed by atoms with Gasteiger partial charge in [-0.15, -0.1) is 0 Å². The van der Waals surface area contributed by atoms with Crippen molar-refractivity contribution in [1.29, 1.82) is 0 Å². The first-order valence-corrected chi connectivity index (χ1v) is 16.3. The molecule has 0 spiro atoms. The highest BCUT2D eigenvalue weighted by molar-refractivity contribution is 6.10. The molecule has 0 fully saturated rings. The molecule has 10 heteroatoms. The second-order valence-electron chi connectivity index (χ2n) is 12.4. The fourth-order valence-corrected chi connectivity index (χ4v) is 6.48. The molecule has 0 radical (unpaired) electrons. The lowest BCUT2D eigenvalue weighted by atomic mass is 9.97. The molecule has 0 atom stereocenters. The van der Waals surface area contributed by atoms with Crippen LogP contribution in [-0.4, -0.2) is 19.5 Å². The molecule has 52 heavy (non-hydrogen) atoms. The molecule has 0 bridgehead atoms. The summed E-state index contributed by atoms with van der Waals surface area (Å²) in [4.78, 5) is 14.6. The third-order valence-electron chi connectivity index (χ3n) is 8.93. The molecule has 2 aromatic heterocycles. The van der Waals surface area contributed by atoms with Crippen LogP contribution in [0.1, 0.15) is 16.7 Å². The first-order valence-electron chi connectivity index (χ1n) is 16.3. The van der Waals surface area contributed by atoms with Gasteiger partial charge in [0.1, 0.15) is 0 Å². The minimum atomic E-state index is -5.00. The van der Waals surface area contributed by atoms with E-state index in [0.29, 0.717) is 22.9 Å². The van der Waals surface area contributed by atoms with E-state index in [1.807, 2.05) is 115 Å². The van der Waals surface area contributed by atoms with Crippen molar-refractivity contribution < 1.29 is 26.3 Å². The zero-order valence-electron chi connectivity index (χ0n) is 27.3. The first kappa shape index (κ1) is 32.9. The van der Waals surface area contributed by atoms with Gasteiger partial charge in [0.25, 0.3) is 0 Å². The number of aryl methyl sites for hydroxylation is 1. The van der Waals surface area contributed by atoms with E-state index in [9.17, 15) is 26.3 Å². The number of fused-ring (bicyclic) bond motifs is 3. The predicted octanol–water partition coefficient (Wildman–Crippen LogP) is 12.0. The number of hydrogen-bond acceptors (Lipinski definition) is 3. The van der Waals surface area contributed by atoms with Crippen molar-refractivity contribution in [3.8, 4) is 51.0 Å². The van der Waals surface area contributed by atoms with E-state index >= 15 is 0 Å². The second kappa shape index (κ2) is 12.5. The Kier molecular flexibility index (Phi) is 7.90. The van der Waals surface area contributed by atoms with Crippen LogP contribution < -0.4 is 0 Å². The van der Waals surface area contributed by atoms with E-state index in [-0.39, 0.29) is 23.0 Å². The summed E-state index contributed by atoms with van der Waals surface area (Å²) in [5.41, 5.74) is 2.07.